The summed E-state index contributed by atoms with van der Waals surface area (Å²) in [5, 5.41) is 22.2. The van der Waals surface area contributed by atoms with Crippen molar-refractivity contribution in [1.29, 1.82) is 0 Å². The van der Waals surface area contributed by atoms with Crippen LogP contribution in [0.4, 0.5) is 5.69 Å². The lowest BCUT2D eigenvalue weighted by Crippen LogP contribution is -2.16. The molecule has 0 bridgehead atoms. The molecular formula is C22H19NO7. The van der Waals surface area contributed by atoms with E-state index in [1.54, 1.807) is 36.4 Å². The Kier molecular flexibility index (Phi) is 6.07. The van der Waals surface area contributed by atoms with Gasteiger partial charge < -0.3 is 29.7 Å². The number of amides is 1. The molecule has 0 saturated heterocycles. The summed E-state index contributed by atoms with van der Waals surface area (Å²) < 4.78 is 16.0. The van der Waals surface area contributed by atoms with Gasteiger partial charge in [-0.15, -0.1) is 0 Å². The maximum Gasteiger partial charge on any atom is 0.341 e. The number of carbonyl (C=O) groups is 2. The predicted octanol–water partition coefficient (Wildman–Crippen LogP) is 4.15. The number of ether oxygens (including phenoxy) is 3. The summed E-state index contributed by atoms with van der Waals surface area (Å²) in [5.41, 5.74) is -0.476. The Labute approximate surface area is 172 Å². The number of hydrogen-bond donors (Lipinski definition) is 3. The van der Waals surface area contributed by atoms with E-state index >= 15 is 0 Å². The Morgan fingerprint density at radius 1 is 0.867 bits per heavy atom. The molecule has 1 amide bonds. The fourth-order valence-electron chi connectivity index (χ4n) is 2.79. The van der Waals surface area contributed by atoms with E-state index in [4.69, 9.17) is 14.2 Å². The van der Waals surface area contributed by atoms with Crippen LogP contribution in [-0.4, -0.2) is 36.3 Å². The lowest BCUT2D eigenvalue weighted by atomic mass is 10.1. The molecule has 0 aromatic heterocycles. The van der Waals surface area contributed by atoms with Crippen LogP contribution in [-0.2, 0) is 0 Å². The number of nitrogens with one attached hydrogen (secondary N) is 1. The van der Waals surface area contributed by atoms with Crippen molar-refractivity contribution >= 4 is 17.6 Å². The van der Waals surface area contributed by atoms with Gasteiger partial charge in [0.2, 0.25) is 0 Å². The topological polar surface area (TPSA) is 114 Å². The maximum atomic E-state index is 12.9. The van der Waals surface area contributed by atoms with Gasteiger partial charge in [0.15, 0.2) is 0 Å². The number of benzene rings is 3. The average molecular weight is 409 g/mol. The van der Waals surface area contributed by atoms with Crippen LogP contribution >= 0.6 is 0 Å². The van der Waals surface area contributed by atoms with Crippen LogP contribution in [0.3, 0.4) is 0 Å². The van der Waals surface area contributed by atoms with Gasteiger partial charge >= 0.3 is 5.97 Å². The molecule has 3 N–H and O–H groups in total. The van der Waals surface area contributed by atoms with E-state index in [0.29, 0.717) is 11.5 Å². The number of anilines is 1. The van der Waals surface area contributed by atoms with Gasteiger partial charge in [-0.2, -0.15) is 0 Å². The molecule has 0 fully saturated rings. The molecule has 0 heterocycles. The molecule has 3 aromatic carbocycles. The molecular weight excluding hydrogens is 390 g/mol. The number of aromatic hydroxyl groups is 1. The number of carboxylic acids is 1. The van der Waals surface area contributed by atoms with Crippen LogP contribution in [0.5, 0.6) is 28.7 Å². The second-order valence-corrected chi connectivity index (χ2v) is 6.11. The Hall–Kier alpha value is -4.20. The van der Waals surface area contributed by atoms with E-state index in [-0.39, 0.29) is 22.7 Å². The van der Waals surface area contributed by atoms with E-state index in [2.05, 4.69) is 5.32 Å². The van der Waals surface area contributed by atoms with E-state index in [1.165, 1.54) is 26.4 Å². The molecule has 0 atom stereocenters. The van der Waals surface area contributed by atoms with Gasteiger partial charge in [-0.25, -0.2) is 4.79 Å². The van der Waals surface area contributed by atoms with Gasteiger partial charge in [-0.05, 0) is 30.3 Å². The first kappa shape index (κ1) is 20.5. The SMILES string of the molecule is COc1ccc(OC)c(C(=O)Nc2cc(Oc3ccccc3)cc(O)c2C(=O)O)c1. The quantitative estimate of drug-likeness (QED) is 0.537. The average Bonchev–Trinajstić information content (AvgIpc) is 2.73. The van der Waals surface area contributed by atoms with Crippen LogP contribution in [0.25, 0.3) is 0 Å². The molecule has 0 spiro atoms. The zero-order valence-corrected chi connectivity index (χ0v) is 16.2. The minimum absolute atomic E-state index is 0.127. The van der Waals surface area contributed by atoms with E-state index < -0.39 is 23.2 Å². The smallest absolute Gasteiger partial charge is 0.341 e. The fraction of sp³-hybridized carbons (Fsp3) is 0.0909. The molecule has 3 rings (SSSR count). The van der Waals surface area contributed by atoms with Gasteiger partial charge in [0.25, 0.3) is 5.91 Å². The summed E-state index contributed by atoms with van der Waals surface area (Å²) in [4.78, 5) is 24.5. The number of rotatable bonds is 7. The van der Waals surface area contributed by atoms with Crippen LogP contribution in [0.15, 0.2) is 60.7 Å². The largest absolute Gasteiger partial charge is 0.507 e. The number of carbonyl (C=O) groups excluding carboxylic acids is 1. The van der Waals surface area contributed by atoms with Crippen LogP contribution in [0.1, 0.15) is 20.7 Å². The minimum atomic E-state index is -1.41. The van der Waals surface area contributed by atoms with Crippen LogP contribution < -0.4 is 19.5 Å². The second-order valence-electron chi connectivity index (χ2n) is 6.11. The van der Waals surface area contributed by atoms with Gasteiger partial charge in [0, 0.05) is 12.1 Å². The molecule has 8 heteroatoms. The molecule has 8 nitrogen and oxygen atoms in total. The standard InChI is InChI=1S/C22H19NO7/c1-28-14-8-9-19(29-2)16(10-14)21(25)23-17-11-15(12-18(24)20(17)22(26)27)30-13-6-4-3-5-7-13/h3-12,24H,1-2H3,(H,23,25)(H,26,27). The third-order valence-corrected chi connectivity index (χ3v) is 4.18. The first-order chi connectivity index (χ1) is 14.4. The van der Waals surface area contributed by atoms with Crippen molar-refractivity contribution in [2.45, 2.75) is 0 Å². The van der Waals surface area contributed by atoms with Crippen molar-refractivity contribution in [3.05, 3.63) is 71.8 Å². The van der Waals surface area contributed by atoms with Gasteiger partial charge in [-0.1, -0.05) is 18.2 Å². The highest BCUT2D eigenvalue weighted by molar-refractivity contribution is 6.10. The van der Waals surface area contributed by atoms with Gasteiger partial charge in [0.1, 0.15) is 34.3 Å². The molecule has 0 unspecified atom stereocenters. The van der Waals surface area contributed by atoms with Gasteiger partial charge in [-0.3, -0.25) is 4.79 Å². The lowest BCUT2D eigenvalue weighted by Gasteiger charge is -2.15. The fourth-order valence-corrected chi connectivity index (χ4v) is 2.79. The first-order valence-electron chi connectivity index (χ1n) is 8.79. The normalized spacial score (nSPS) is 10.2. The number of phenols is 1. The van der Waals surface area contributed by atoms with Crippen molar-refractivity contribution in [2.24, 2.45) is 0 Å². The summed E-state index contributed by atoms with van der Waals surface area (Å²) in [6.45, 7) is 0. The van der Waals surface area contributed by atoms with Crippen molar-refractivity contribution < 1.29 is 34.0 Å². The van der Waals surface area contributed by atoms with E-state index in [9.17, 15) is 19.8 Å². The number of hydrogen-bond acceptors (Lipinski definition) is 6. The summed E-state index contributed by atoms with van der Waals surface area (Å²) >= 11 is 0. The van der Waals surface area contributed by atoms with Crippen molar-refractivity contribution in [2.75, 3.05) is 19.5 Å². The van der Waals surface area contributed by atoms with Crippen molar-refractivity contribution in [1.82, 2.24) is 0 Å². The highest BCUT2D eigenvalue weighted by atomic mass is 16.5. The molecule has 0 radical (unpaired) electrons. The van der Waals surface area contributed by atoms with Crippen molar-refractivity contribution in [3.8, 4) is 28.7 Å². The highest BCUT2D eigenvalue weighted by Gasteiger charge is 2.22. The minimum Gasteiger partial charge on any atom is -0.507 e. The number of carboxylic acid groups (broad SMARTS) is 1. The lowest BCUT2D eigenvalue weighted by molar-refractivity contribution is 0.0695. The Morgan fingerprint density at radius 3 is 2.23 bits per heavy atom. The first-order valence-corrected chi connectivity index (χ1v) is 8.79. The Bertz CT molecular complexity index is 1080. The Morgan fingerprint density at radius 2 is 1.60 bits per heavy atom. The second kappa shape index (κ2) is 8.87. The Balaban J connectivity index is 1.99. The number of para-hydroxylation sites is 1. The summed E-state index contributed by atoms with van der Waals surface area (Å²) in [6, 6.07) is 15.8. The van der Waals surface area contributed by atoms with Crippen molar-refractivity contribution in [3.63, 3.8) is 0 Å². The number of aromatic carboxylic acids is 1. The third-order valence-electron chi connectivity index (χ3n) is 4.18. The van der Waals surface area contributed by atoms with Gasteiger partial charge in [0.05, 0.1) is 25.5 Å². The zero-order valence-electron chi connectivity index (χ0n) is 16.2. The monoisotopic (exact) mass is 409 g/mol. The predicted molar refractivity (Wildman–Crippen MR) is 109 cm³/mol. The highest BCUT2D eigenvalue weighted by Crippen LogP contribution is 2.35. The molecule has 0 aliphatic rings. The summed E-state index contributed by atoms with van der Waals surface area (Å²) in [7, 11) is 2.86. The maximum absolute atomic E-state index is 12.9. The number of methoxy groups -OCH3 is 2. The van der Waals surface area contributed by atoms with Crippen LogP contribution in [0, 0.1) is 0 Å². The molecule has 30 heavy (non-hydrogen) atoms. The third kappa shape index (κ3) is 4.44. The molecule has 3 aromatic rings. The zero-order chi connectivity index (χ0) is 21.7. The summed E-state index contributed by atoms with van der Waals surface area (Å²) in [6.07, 6.45) is 0. The molecule has 0 saturated carbocycles. The van der Waals surface area contributed by atoms with E-state index in [1.807, 2.05) is 6.07 Å². The van der Waals surface area contributed by atoms with Crippen LogP contribution in [0.2, 0.25) is 0 Å². The molecule has 154 valence electrons. The molecule has 0 aliphatic carbocycles. The van der Waals surface area contributed by atoms with E-state index in [0.717, 1.165) is 6.07 Å². The summed E-state index contributed by atoms with van der Waals surface area (Å²) in [5.74, 6) is -1.29. The molecule has 0 aliphatic heterocycles.